The average molecular weight is 628 g/mol. The molecule has 0 heterocycles. The Balaban J connectivity index is 1.90. The summed E-state index contributed by atoms with van der Waals surface area (Å²) in [5.74, 6) is -10.6. The van der Waals surface area contributed by atoms with Crippen molar-refractivity contribution in [1.82, 2.24) is 10.2 Å². The van der Waals surface area contributed by atoms with Gasteiger partial charge < -0.3 is 42.0 Å². The molecule has 3 aliphatic rings. The Morgan fingerprint density at radius 3 is 2.31 bits per heavy atom. The number of fused-ring (bicyclic) bond motifs is 3. The molecule has 16 heteroatoms. The molecular weight excluding hydrogens is 590 g/mol. The van der Waals surface area contributed by atoms with E-state index in [0.717, 1.165) is 0 Å². The third kappa shape index (κ3) is 4.74. The van der Waals surface area contributed by atoms with E-state index in [0.29, 0.717) is 5.69 Å². The van der Waals surface area contributed by atoms with Gasteiger partial charge in [0, 0.05) is 44.5 Å². The van der Waals surface area contributed by atoms with Crippen molar-refractivity contribution >= 4 is 40.8 Å². The van der Waals surface area contributed by atoms with E-state index in [9.17, 15) is 39.1 Å². The summed E-state index contributed by atoms with van der Waals surface area (Å²) in [6.45, 7) is -0.139. The molecule has 242 valence electrons. The van der Waals surface area contributed by atoms with E-state index in [1.54, 1.807) is 25.1 Å². The average Bonchev–Trinajstić information content (AvgIpc) is 2.91. The van der Waals surface area contributed by atoms with Gasteiger partial charge in [0.1, 0.15) is 18.3 Å². The molecule has 45 heavy (non-hydrogen) atoms. The van der Waals surface area contributed by atoms with Gasteiger partial charge in [-0.2, -0.15) is 5.26 Å². The molecule has 1 aromatic carbocycles. The lowest BCUT2D eigenvalue weighted by Crippen LogP contribution is -2.85. The second kappa shape index (κ2) is 11.5. The van der Waals surface area contributed by atoms with E-state index in [1.807, 2.05) is 0 Å². The van der Waals surface area contributed by atoms with Gasteiger partial charge in [-0.15, -0.1) is 0 Å². The van der Waals surface area contributed by atoms with Crippen molar-refractivity contribution in [2.45, 2.75) is 36.5 Å². The zero-order valence-corrected chi connectivity index (χ0v) is 25.6. The minimum atomic E-state index is -2.85. The summed E-state index contributed by atoms with van der Waals surface area (Å²) in [5.41, 5.74) is 12.7. The van der Waals surface area contributed by atoms with Crippen molar-refractivity contribution in [3.63, 3.8) is 0 Å². The number of hydrogen-bond acceptors (Lipinski definition) is 14. The first-order valence-electron chi connectivity index (χ1n) is 14.0. The van der Waals surface area contributed by atoms with Crippen LogP contribution >= 0.6 is 0 Å². The number of rotatable bonds is 8. The number of primary amides is 1. The first kappa shape index (κ1) is 33.5. The van der Waals surface area contributed by atoms with Crippen LogP contribution in [-0.4, -0.2) is 111 Å². The van der Waals surface area contributed by atoms with Crippen LogP contribution in [0.3, 0.4) is 0 Å². The Kier molecular flexibility index (Phi) is 8.55. The lowest BCUT2D eigenvalue weighted by Gasteiger charge is -2.60. The van der Waals surface area contributed by atoms with Crippen LogP contribution in [0.2, 0.25) is 0 Å². The van der Waals surface area contributed by atoms with Crippen LogP contribution in [0.5, 0.6) is 5.75 Å². The fraction of sp³-hybridized carbons (Fsp3) is 0.552. The summed E-state index contributed by atoms with van der Waals surface area (Å²) >= 11 is 0. The number of phenolic OH excluding ortho intramolecular Hbond substituents is 1. The van der Waals surface area contributed by atoms with Crippen molar-refractivity contribution in [1.29, 1.82) is 5.26 Å². The maximum absolute atomic E-state index is 14.5. The monoisotopic (exact) mass is 627 g/mol. The van der Waals surface area contributed by atoms with E-state index in [1.165, 1.54) is 32.2 Å². The number of ketones is 4. The molecule has 2 fully saturated rings. The smallest absolute Gasteiger partial charge is 0.407 e. The Bertz CT molecular complexity index is 1550. The molecule has 6 atom stereocenters. The van der Waals surface area contributed by atoms with Crippen LogP contribution in [0.1, 0.15) is 27.9 Å². The molecule has 8 N–H and O–H groups in total. The van der Waals surface area contributed by atoms with Gasteiger partial charge in [0.05, 0.1) is 29.8 Å². The number of nitrogens with one attached hydrogen (secondary N) is 1. The maximum atomic E-state index is 14.5. The van der Waals surface area contributed by atoms with E-state index in [-0.39, 0.29) is 42.9 Å². The second-order valence-corrected chi connectivity index (χ2v) is 12.3. The highest BCUT2D eigenvalue weighted by Gasteiger charge is 2.78. The molecule has 2 amide bonds. The van der Waals surface area contributed by atoms with Crippen LogP contribution in [0.4, 0.5) is 10.5 Å². The number of Topliss-reactive ketones (excluding diaryl/α,β-unsaturated/α-hetero) is 4. The number of nitrogens with two attached hydrogens (primary N) is 3. The third-order valence-electron chi connectivity index (χ3n) is 9.07. The van der Waals surface area contributed by atoms with Gasteiger partial charge in [-0.05, 0) is 38.6 Å². The van der Waals surface area contributed by atoms with Gasteiger partial charge in [0.2, 0.25) is 5.91 Å². The summed E-state index contributed by atoms with van der Waals surface area (Å²) in [4.78, 5) is 83.6. The Morgan fingerprint density at radius 2 is 1.78 bits per heavy atom. The van der Waals surface area contributed by atoms with Crippen molar-refractivity contribution in [2.75, 3.05) is 53.4 Å². The number of carbonyl (C=O) groups excluding carboxylic acids is 6. The predicted molar refractivity (Wildman–Crippen MR) is 156 cm³/mol. The number of benzene rings is 1. The van der Waals surface area contributed by atoms with Crippen molar-refractivity contribution in [3.8, 4) is 11.8 Å². The zero-order valence-electron chi connectivity index (χ0n) is 25.6. The van der Waals surface area contributed by atoms with E-state index < -0.39 is 81.7 Å². The number of nitriles is 1. The highest BCUT2D eigenvalue weighted by Crippen LogP contribution is 2.57. The molecule has 0 radical (unpaired) electrons. The quantitative estimate of drug-likeness (QED) is 0.151. The normalized spacial score (nSPS) is 30.6. The minimum Gasteiger partial charge on any atom is -0.507 e. The summed E-state index contributed by atoms with van der Waals surface area (Å²) < 4.78 is 9.81. The van der Waals surface area contributed by atoms with Gasteiger partial charge in [-0.25, -0.2) is 4.79 Å². The predicted octanol–water partition coefficient (Wildman–Crippen LogP) is -2.25. The molecule has 1 aromatic rings. The van der Waals surface area contributed by atoms with Crippen LogP contribution in [0, 0.1) is 28.6 Å². The topological polar surface area (TPSA) is 261 Å². The lowest BCUT2D eigenvalue weighted by atomic mass is 9.42. The van der Waals surface area contributed by atoms with E-state index >= 15 is 0 Å². The summed E-state index contributed by atoms with van der Waals surface area (Å²) in [6.07, 6.45) is -1.56. The van der Waals surface area contributed by atoms with E-state index in [2.05, 4.69) is 5.32 Å². The summed E-state index contributed by atoms with van der Waals surface area (Å²) in [7, 11) is 7.64. The number of amides is 2. The van der Waals surface area contributed by atoms with Crippen LogP contribution in [0.15, 0.2) is 6.07 Å². The van der Waals surface area contributed by atoms with Gasteiger partial charge in [0.15, 0.2) is 34.5 Å². The Morgan fingerprint density at radius 1 is 1.13 bits per heavy atom. The first-order chi connectivity index (χ1) is 20.9. The fourth-order valence-corrected chi connectivity index (χ4v) is 7.28. The molecule has 0 saturated heterocycles. The lowest BCUT2D eigenvalue weighted by molar-refractivity contribution is -0.166. The molecule has 0 aliphatic heterocycles. The van der Waals surface area contributed by atoms with Crippen LogP contribution in [0.25, 0.3) is 0 Å². The number of alkyl carbamates (subject to hydrolysis) is 1. The number of carbonyl (C=O) groups is 6. The van der Waals surface area contributed by atoms with Gasteiger partial charge in [-0.1, -0.05) is 0 Å². The molecule has 0 bridgehead atoms. The SMILES string of the molecule is COCCOC(=O)NCc1cc(N(C)C)c2c(c1O)C(=O)C1C(=O)[C@]3(C#N)C(=O)C(C(N)=O)C(=O)[C@@H](N(C)C)[C@]3(N)C[C@]1(N)C2. The molecule has 2 unspecified atom stereocenters. The molecular formula is C29H37N7O9. The van der Waals surface area contributed by atoms with E-state index in [4.69, 9.17) is 26.7 Å². The summed E-state index contributed by atoms with van der Waals surface area (Å²) in [6, 6.07) is 1.71. The maximum Gasteiger partial charge on any atom is 0.407 e. The highest BCUT2D eigenvalue weighted by molar-refractivity contribution is 6.33. The number of nitrogens with zero attached hydrogens (tertiary/aromatic N) is 3. The summed E-state index contributed by atoms with van der Waals surface area (Å²) in [5, 5.41) is 24.3. The molecule has 3 aliphatic carbocycles. The number of methoxy groups -OCH3 is 1. The first-order valence-corrected chi connectivity index (χ1v) is 14.0. The van der Waals surface area contributed by atoms with Crippen molar-refractivity contribution in [2.24, 2.45) is 34.5 Å². The molecule has 0 spiro atoms. The second-order valence-electron chi connectivity index (χ2n) is 12.3. The number of phenols is 1. The number of anilines is 1. The molecule has 4 rings (SSSR count). The fourth-order valence-electron chi connectivity index (χ4n) is 7.28. The van der Waals surface area contributed by atoms with Crippen LogP contribution in [-0.2, 0) is 41.6 Å². The van der Waals surface area contributed by atoms with Gasteiger partial charge in [-0.3, -0.25) is 28.9 Å². The standard InChI is InChI=1S/C29H37N7O9/c1-35(2)15-8-13(10-34-26(43)45-7-6-44-5)19(37)16-14(15)9-27(32)11-29(33)22(36(3)4)21(39)17(25(31)42)23(40)28(29,12-30)24(41)18(27)20(16)38/h8,17-18,22,37H,6-7,9-11,32-33H2,1-5H3,(H2,31,42)(H,34,43)/t17?,18?,22-,27-,28+,29-/m1/s1. The number of likely N-dealkylation sites (N-methyl/N-ethyl adjacent to an activating group) is 1. The Hall–Kier alpha value is -4.43. The van der Waals surface area contributed by atoms with Crippen LogP contribution < -0.4 is 27.4 Å². The third-order valence-corrected chi connectivity index (χ3v) is 9.07. The van der Waals surface area contributed by atoms with Crippen molar-refractivity contribution < 1.29 is 43.3 Å². The number of ether oxygens (including phenoxy) is 2. The minimum absolute atomic E-state index is 0.0266. The molecule has 16 nitrogen and oxygen atoms in total. The number of aromatic hydroxyl groups is 1. The van der Waals surface area contributed by atoms with Gasteiger partial charge in [0.25, 0.3) is 0 Å². The molecule has 2 saturated carbocycles. The molecule has 0 aromatic heterocycles. The zero-order chi connectivity index (χ0) is 33.8. The van der Waals surface area contributed by atoms with Crippen molar-refractivity contribution in [3.05, 3.63) is 22.8 Å². The Labute approximate surface area is 258 Å². The number of hydrogen-bond donors (Lipinski definition) is 5. The largest absolute Gasteiger partial charge is 0.507 e. The highest BCUT2D eigenvalue weighted by atomic mass is 16.6. The van der Waals surface area contributed by atoms with Gasteiger partial charge >= 0.3 is 6.09 Å².